The second kappa shape index (κ2) is 9.81. The number of carbonyl (C=O) groups is 1. The number of aliphatic hydroxyl groups excluding tert-OH is 1. The lowest BCUT2D eigenvalue weighted by Crippen LogP contribution is -2.13. The lowest BCUT2D eigenvalue weighted by molar-refractivity contribution is -0.116. The highest BCUT2D eigenvalue weighted by molar-refractivity contribution is 5.93. The summed E-state index contributed by atoms with van der Waals surface area (Å²) >= 11 is 0. The molecular formula is C21H24N4O6. The van der Waals surface area contributed by atoms with Crippen LogP contribution in [0.1, 0.15) is 6.42 Å². The monoisotopic (exact) mass is 428 g/mol. The molecule has 164 valence electrons. The number of nitrogens with zero attached hydrogens (tertiary/aromatic N) is 2. The molecule has 0 radical (unpaired) electrons. The molecule has 3 aromatic rings. The molecule has 1 heterocycles. The zero-order valence-corrected chi connectivity index (χ0v) is 17.7. The minimum atomic E-state index is -0.331. The van der Waals surface area contributed by atoms with Crippen molar-refractivity contribution in [2.45, 2.75) is 6.42 Å². The molecule has 0 atom stereocenters. The van der Waals surface area contributed by atoms with Gasteiger partial charge in [-0.3, -0.25) is 4.79 Å². The number of ether oxygens (including phenoxy) is 4. The SMILES string of the molecule is COc1ccc(-c2n[nH]nc2-c2cc(OC)c(OC)c(OC)c2)cc1NC(=O)CCO. The predicted octanol–water partition coefficient (Wildman–Crippen LogP) is 2.49. The highest BCUT2D eigenvalue weighted by Gasteiger charge is 2.20. The van der Waals surface area contributed by atoms with Gasteiger partial charge < -0.3 is 29.4 Å². The van der Waals surface area contributed by atoms with Crippen LogP contribution in [0.3, 0.4) is 0 Å². The molecule has 2 aromatic carbocycles. The van der Waals surface area contributed by atoms with Crippen molar-refractivity contribution < 1.29 is 28.8 Å². The van der Waals surface area contributed by atoms with Crippen molar-refractivity contribution in [2.24, 2.45) is 0 Å². The van der Waals surface area contributed by atoms with Crippen LogP contribution in [0.5, 0.6) is 23.0 Å². The first-order chi connectivity index (χ1) is 15.1. The number of aromatic nitrogens is 3. The Hall–Kier alpha value is -3.79. The van der Waals surface area contributed by atoms with Gasteiger partial charge in [0, 0.05) is 11.1 Å². The number of carbonyl (C=O) groups excluding carboxylic acids is 1. The van der Waals surface area contributed by atoms with E-state index in [4.69, 9.17) is 24.1 Å². The quantitative estimate of drug-likeness (QED) is 0.474. The Labute approximate surface area is 179 Å². The second-order valence-corrected chi connectivity index (χ2v) is 6.37. The van der Waals surface area contributed by atoms with E-state index >= 15 is 0 Å². The standard InChI is InChI=1S/C21H24N4O6/c1-28-15-6-5-12(9-14(15)22-18(27)7-8-26)19-20(24-25-23-19)13-10-16(29-2)21(31-4)17(11-13)30-3/h5-6,9-11,26H,7-8H2,1-4H3,(H,22,27)(H,23,24,25). The summed E-state index contributed by atoms with van der Waals surface area (Å²) in [6.45, 7) is -0.248. The minimum absolute atomic E-state index is 0.0198. The number of H-pyrrole nitrogens is 1. The van der Waals surface area contributed by atoms with Gasteiger partial charge in [-0.25, -0.2) is 0 Å². The Bertz CT molecular complexity index is 1040. The molecule has 0 aliphatic rings. The van der Waals surface area contributed by atoms with Crippen molar-refractivity contribution in [1.29, 1.82) is 0 Å². The molecule has 0 aliphatic heterocycles. The molecule has 0 saturated carbocycles. The van der Waals surface area contributed by atoms with Gasteiger partial charge in [0.25, 0.3) is 0 Å². The van der Waals surface area contributed by atoms with Crippen molar-refractivity contribution in [3.63, 3.8) is 0 Å². The highest BCUT2D eigenvalue weighted by Crippen LogP contribution is 2.42. The van der Waals surface area contributed by atoms with Crippen LogP contribution in [0, 0.1) is 0 Å². The van der Waals surface area contributed by atoms with Gasteiger partial charge in [0.05, 0.1) is 47.2 Å². The van der Waals surface area contributed by atoms with Gasteiger partial charge in [0.2, 0.25) is 11.7 Å². The molecule has 0 aliphatic carbocycles. The number of amides is 1. The molecule has 1 amide bonds. The number of methoxy groups -OCH3 is 4. The van der Waals surface area contributed by atoms with Crippen LogP contribution in [0.2, 0.25) is 0 Å². The summed E-state index contributed by atoms with van der Waals surface area (Å²) in [7, 11) is 6.12. The Morgan fingerprint density at radius 2 is 1.52 bits per heavy atom. The topological polar surface area (TPSA) is 128 Å². The first kappa shape index (κ1) is 21.9. The van der Waals surface area contributed by atoms with Crippen LogP contribution in [0.4, 0.5) is 5.69 Å². The van der Waals surface area contributed by atoms with Crippen LogP contribution < -0.4 is 24.3 Å². The first-order valence-corrected chi connectivity index (χ1v) is 9.36. The van der Waals surface area contributed by atoms with E-state index in [1.807, 2.05) is 0 Å². The Kier molecular flexibility index (Phi) is 6.93. The maximum atomic E-state index is 12.0. The molecule has 31 heavy (non-hydrogen) atoms. The largest absolute Gasteiger partial charge is 0.495 e. The Balaban J connectivity index is 2.07. The fraction of sp³-hybridized carbons (Fsp3) is 0.286. The van der Waals surface area contributed by atoms with E-state index in [-0.39, 0.29) is 18.9 Å². The van der Waals surface area contributed by atoms with E-state index in [1.54, 1.807) is 30.3 Å². The van der Waals surface area contributed by atoms with Gasteiger partial charge in [-0.05, 0) is 30.3 Å². The second-order valence-electron chi connectivity index (χ2n) is 6.37. The summed E-state index contributed by atoms with van der Waals surface area (Å²) in [5.74, 6) is 1.59. The number of aromatic amines is 1. The molecule has 1 aromatic heterocycles. The van der Waals surface area contributed by atoms with Crippen LogP contribution in [-0.4, -0.2) is 61.5 Å². The number of hydrogen-bond donors (Lipinski definition) is 3. The van der Waals surface area contributed by atoms with Crippen LogP contribution in [0.25, 0.3) is 22.5 Å². The molecule has 0 saturated heterocycles. The summed E-state index contributed by atoms with van der Waals surface area (Å²) in [6.07, 6.45) is -0.0198. The summed E-state index contributed by atoms with van der Waals surface area (Å²) in [5, 5.41) is 22.9. The van der Waals surface area contributed by atoms with Gasteiger partial charge in [-0.1, -0.05) is 0 Å². The number of nitrogens with one attached hydrogen (secondary N) is 2. The fourth-order valence-electron chi connectivity index (χ4n) is 3.12. The number of aliphatic hydroxyl groups is 1. The number of benzene rings is 2. The summed E-state index contributed by atoms with van der Waals surface area (Å²) in [5.41, 5.74) is 2.95. The van der Waals surface area contributed by atoms with Gasteiger partial charge in [-0.2, -0.15) is 15.4 Å². The van der Waals surface area contributed by atoms with Crippen molar-refractivity contribution in [3.05, 3.63) is 30.3 Å². The van der Waals surface area contributed by atoms with Gasteiger partial charge in [0.15, 0.2) is 11.5 Å². The summed E-state index contributed by atoms with van der Waals surface area (Å²) < 4.78 is 21.6. The maximum absolute atomic E-state index is 12.0. The van der Waals surface area contributed by atoms with E-state index < -0.39 is 0 Å². The van der Waals surface area contributed by atoms with E-state index in [9.17, 15) is 4.79 Å². The van der Waals surface area contributed by atoms with Gasteiger partial charge >= 0.3 is 0 Å². The summed E-state index contributed by atoms with van der Waals surface area (Å²) in [6, 6.07) is 8.80. The molecule has 0 bridgehead atoms. The van der Waals surface area contributed by atoms with Gasteiger partial charge in [0.1, 0.15) is 17.1 Å². The van der Waals surface area contributed by atoms with Gasteiger partial charge in [-0.15, -0.1) is 0 Å². The molecule has 3 N–H and O–H groups in total. The van der Waals surface area contributed by atoms with Crippen LogP contribution in [-0.2, 0) is 4.79 Å². The summed E-state index contributed by atoms with van der Waals surface area (Å²) in [4.78, 5) is 12.0. The lowest BCUT2D eigenvalue weighted by atomic mass is 10.0. The molecule has 10 heteroatoms. The molecule has 3 rings (SSSR count). The zero-order chi connectivity index (χ0) is 22.4. The third kappa shape index (κ3) is 4.53. The highest BCUT2D eigenvalue weighted by atomic mass is 16.5. The Morgan fingerprint density at radius 1 is 0.903 bits per heavy atom. The molecule has 0 fully saturated rings. The van der Waals surface area contributed by atoms with Crippen LogP contribution >= 0.6 is 0 Å². The smallest absolute Gasteiger partial charge is 0.226 e. The average molecular weight is 428 g/mol. The fourth-order valence-corrected chi connectivity index (χ4v) is 3.12. The minimum Gasteiger partial charge on any atom is -0.495 e. The Morgan fingerprint density at radius 3 is 2.06 bits per heavy atom. The van der Waals surface area contributed by atoms with E-state index in [0.717, 1.165) is 0 Å². The maximum Gasteiger partial charge on any atom is 0.226 e. The zero-order valence-electron chi connectivity index (χ0n) is 17.7. The van der Waals surface area contributed by atoms with Crippen molar-refractivity contribution in [3.8, 4) is 45.5 Å². The van der Waals surface area contributed by atoms with Crippen molar-refractivity contribution in [2.75, 3.05) is 40.4 Å². The lowest BCUT2D eigenvalue weighted by Gasteiger charge is -2.14. The number of anilines is 1. The van der Waals surface area contributed by atoms with E-state index in [1.165, 1.54) is 28.4 Å². The normalized spacial score (nSPS) is 10.5. The third-order valence-corrected chi connectivity index (χ3v) is 4.57. The predicted molar refractivity (Wildman–Crippen MR) is 114 cm³/mol. The van der Waals surface area contributed by atoms with E-state index in [0.29, 0.717) is 51.2 Å². The average Bonchev–Trinajstić information content (AvgIpc) is 3.28. The molecule has 10 nitrogen and oxygen atoms in total. The van der Waals surface area contributed by atoms with E-state index in [2.05, 4.69) is 20.7 Å². The number of hydrogen-bond acceptors (Lipinski definition) is 8. The molecule has 0 unspecified atom stereocenters. The van der Waals surface area contributed by atoms with Crippen molar-refractivity contribution >= 4 is 11.6 Å². The third-order valence-electron chi connectivity index (χ3n) is 4.57. The van der Waals surface area contributed by atoms with Crippen LogP contribution in [0.15, 0.2) is 30.3 Å². The molecular weight excluding hydrogens is 404 g/mol. The number of rotatable bonds is 9. The van der Waals surface area contributed by atoms with Crippen molar-refractivity contribution in [1.82, 2.24) is 15.4 Å². The first-order valence-electron chi connectivity index (χ1n) is 9.36. The molecule has 0 spiro atoms.